The van der Waals surface area contributed by atoms with Crippen LogP contribution in [0.4, 0.5) is 0 Å². The zero-order valence-corrected chi connectivity index (χ0v) is 28.1. The molecule has 3 heteroatoms. The van der Waals surface area contributed by atoms with Gasteiger partial charge >= 0.3 is 0 Å². The molecule has 2 aromatic heterocycles. The molecule has 3 nitrogen and oxygen atoms in total. The van der Waals surface area contributed by atoms with Gasteiger partial charge in [0.15, 0.2) is 5.82 Å². The van der Waals surface area contributed by atoms with Crippen LogP contribution in [0.2, 0.25) is 0 Å². The Labute approximate surface area is 286 Å². The Morgan fingerprint density at radius 2 is 1.10 bits per heavy atom. The van der Waals surface area contributed by atoms with Gasteiger partial charge in [0.05, 0.1) is 28.1 Å². The lowest BCUT2D eigenvalue weighted by atomic mass is 9.82. The van der Waals surface area contributed by atoms with Crippen LogP contribution in [-0.4, -0.2) is 14.5 Å². The van der Waals surface area contributed by atoms with E-state index in [9.17, 15) is 0 Å². The van der Waals surface area contributed by atoms with Crippen LogP contribution in [0.25, 0.3) is 72.4 Å². The van der Waals surface area contributed by atoms with Gasteiger partial charge in [0, 0.05) is 38.3 Å². The van der Waals surface area contributed by atoms with Gasteiger partial charge in [-0.2, -0.15) is 0 Å². The number of nitrogens with zero attached hydrogens (tertiary/aromatic N) is 3. The number of benzene rings is 6. The van der Waals surface area contributed by atoms with Crippen molar-refractivity contribution in [2.24, 2.45) is 0 Å². The topological polar surface area (TPSA) is 30.7 Å². The first kappa shape index (κ1) is 28.2. The second kappa shape index (κ2) is 9.87. The van der Waals surface area contributed by atoms with Crippen LogP contribution in [-0.2, 0) is 10.8 Å². The summed E-state index contributed by atoms with van der Waals surface area (Å²) in [7, 11) is 0. The highest BCUT2D eigenvalue weighted by Crippen LogP contribution is 2.53. The Hall–Kier alpha value is -5.80. The van der Waals surface area contributed by atoms with E-state index >= 15 is 0 Å². The normalized spacial score (nSPS) is 14.9. The molecular formula is C46H35N3. The van der Waals surface area contributed by atoms with Crippen molar-refractivity contribution in [3.8, 4) is 50.6 Å². The van der Waals surface area contributed by atoms with Gasteiger partial charge in [-0.1, -0.05) is 143 Å². The summed E-state index contributed by atoms with van der Waals surface area (Å²) in [5.74, 6) is 0.754. The lowest BCUT2D eigenvalue weighted by Gasteiger charge is -2.22. The molecule has 0 saturated heterocycles. The first-order valence-electron chi connectivity index (χ1n) is 17.2. The molecule has 6 aromatic carbocycles. The molecule has 2 heterocycles. The van der Waals surface area contributed by atoms with E-state index in [-0.39, 0.29) is 10.8 Å². The number of hydrogen-bond acceptors (Lipinski definition) is 2. The Kier molecular flexibility index (Phi) is 5.69. The van der Waals surface area contributed by atoms with E-state index in [1.807, 2.05) is 6.07 Å². The van der Waals surface area contributed by atoms with Crippen molar-refractivity contribution in [1.29, 1.82) is 0 Å². The van der Waals surface area contributed by atoms with Gasteiger partial charge in [-0.05, 0) is 57.6 Å². The van der Waals surface area contributed by atoms with Gasteiger partial charge in [-0.25, -0.2) is 9.97 Å². The van der Waals surface area contributed by atoms with Crippen molar-refractivity contribution in [2.45, 2.75) is 38.5 Å². The molecule has 49 heavy (non-hydrogen) atoms. The van der Waals surface area contributed by atoms with Gasteiger partial charge in [0.1, 0.15) is 0 Å². The number of rotatable bonds is 3. The fourth-order valence-electron chi connectivity index (χ4n) is 8.74. The summed E-state index contributed by atoms with van der Waals surface area (Å²) in [6.45, 7) is 9.31. The van der Waals surface area contributed by atoms with Crippen LogP contribution in [0.3, 0.4) is 0 Å². The summed E-state index contributed by atoms with van der Waals surface area (Å²) in [5, 5.41) is 2.52. The van der Waals surface area contributed by atoms with Crippen LogP contribution in [0.1, 0.15) is 50.1 Å². The van der Waals surface area contributed by atoms with Crippen LogP contribution in [0.15, 0.2) is 140 Å². The molecule has 0 saturated carbocycles. The van der Waals surface area contributed by atoms with Crippen molar-refractivity contribution in [2.75, 3.05) is 0 Å². The van der Waals surface area contributed by atoms with Gasteiger partial charge in [0.25, 0.3) is 0 Å². The van der Waals surface area contributed by atoms with Gasteiger partial charge in [-0.15, -0.1) is 0 Å². The molecule has 0 atom stereocenters. The fraction of sp³-hybridized carbons (Fsp3) is 0.130. The van der Waals surface area contributed by atoms with E-state index in [2.05, 4.69) is 166 Å². The third kappa shape index (κ3) is 3.79. The first-order valence-corrected chi connectivity index (χ1v) is 17.2. The molecule has 234 valence electrons. The van der Waals surface area contributed by atoms with Crippen LogP contribution < -0.4 is 0 Å². The molecule has 0 amide bonds. The molecule has 0 unspecified atom stereocenters. The molecule has 10 rings (SSSR count). The summed E-state index contributed by atoms with van der Waals surface area (Å²) in [5.41, 5.74) is 16.4. The van der Waals surface area contributed by atoms with Crippen molar-refractivity contribution in [1.82, 2.24) is 14.5 Å². The quantitative estimate of drug-likeness (QED) is 0.195. The molecule has 0 spiro atoms. The van der Waals surface area contributed by atoms with Gasteiger partial charge in [0.2, 0.25) is 0 Å². The standard InChI is InChI=1S/C46H35N3/c1-45(2)35-22-12-8-18-29(35)33-26-34-30-19-10-14-24-38(30)49(40(34)27-37(33)45)39-25-15-11-21-32(39)42-41-31-20-9-13-23-36(31)46(3,4)43(41)48-44(47-42)28-16-6-5-7-17-28/h5-27H,1-4H3. The van der Waals surface area contributed by atoms with Crippen molar-refractivity contribution >= 4 is 21.8 Å². The third-order valence-corrected chi connectivity index (χ3v) is 11.2. The minimum Gasteiger partial charge on any atom is -0.309 e. The zero-order chi connectivity index (χ0) is 33.1. The second-order valence-electron chi connectivity index (χ2n) is 14.6. The summed E-state index contributed by atoms with van der Waals surface area (Å²) in [4.78, 5) is 10.8. The number of fused-ring (bicyclic) bond motifs is 9. The van der Waals surface area contributed by atoms with Crippen LogP contribution >= 0.6 is 0 Å². The van der Waals surface area contributed by atoms with Crippen LogP contribution in [0.5, 0.6) is 0 Å². The number of para-hydroxylation sites is 2. The predicted octanol–water partition coefficient (Wildman–Crippen LogP) is 11.5. The van der Waals surface area contributed by atoms with E-state index in [0.29, 0.717) is 0 Å². The third-order valence-electron chi connectivity index (χ3n) is 11.2. The van der Waals surface area contributed by atoms with E-state index < -0.39 is 0 Å². The maximum atomic E-state index is 5.46. The van der Waals surface area contributed by atoms with Crippen LogP contribution in [0, 0.1) is 0 Å². The first-order chi connectivity index (χ1) is 23.8. The maximum absolute atomic E-state index is 5.46. The molecular weight excluding hydrogens is 595 g/mol. The van der Waals surface area contributed by atoms with Gasteiger partial charge < -0.3 is 4.57 Å². The van der Waals surface area contributed by atoms with E-state index in [0.717, 1.165) is 39.6 Å². The summed E-state index contributed by atoms with van der Waals surface area (Å²) < 4.78 is 2.47. The summed E-state index contributed by atoms with van der Waals surface area (Å²) >= 11 is 0. The largest absolute Gasteiger partial charge is 0.309 e. The molecule has 2 aliphatic rings. The number of hydrogen-bond donors (Lipinski definition) is 0. The Balaban J connectivity index is 1.31. The van der Waals surface area contributed by atoms with E-state index in [1.54, 1.807) is 0 Å². The lowest BCUT2D eigenvalue weighted by molar-refractivity contribution is 0.636. The highest BCUT2D eigenvalue weighted by molar-refractivity contribution is 6.12. The minimum absolute atomic E-state index is 0.103. The fourth-order valence-corrected chi connectivity index (χ4v) is 8.74. The summed E-state index contributed by atoms with van der Waals surface area (Å²) in [6, 6.07) is 50.6. The predicted molar refractivity (Wildman–Crippen MR) is 202 cm³/mol. The Morgan fingerprint density at radius 3 is 1.90 bits per heavy atom. The zero-order valence-electron chi connectivity index (χ0n) is 28.1. The highest BCUT2D eigenvalue weighted by atomic mass is 15.0. The minimum atomic E-state index is -0.268. The SMILES string of the molecule is CC1(C)c2ccccc2-c2cc3c4ccccc4n(-c4ccccc4-c4nc(-c5ccccc5)nc5c4-c4ccccc4C5(C)C)c3cc21. The average molecular weight is 630 g/mol. The molecule has 0 aliphatic heterocycles. The molecule has 0 N–H and O–H groups in total. The molecule has 0 radical (unpaired) electrons. The Morgan fingerprint density at radius 1 is 0.469 bits per heavy atom. The lowest BCUT2D eigenvalue weighted by Crippen LogP contribution is -2.17. The smallest absolute Gasteiger partial charge is 0.160 e. The second-order valence-corrected chi connectivity index (χ2v) is 14.6. The number of aromatic nitrogens is 3. The molecule has 0 fully saturated rings. The van der Waals surface area contributed by atoms with Crippen molar-refractivity contribution in [3.05, 3.63) is 162 Å². The van der Waals surface area contributed by atoms with Gasteiger partial charge in [-0.3, -0.25) is 0 Å². The highest BCUT2D eigenvalue weighted by Gasteiger charge is 2.40. The molecule has 2 aliphatic carbocycles. The van der Waals surface area contributed by atoms with E-state index in [1.165, 1.54) is 55.2 Å². The van der Waals surface area contributed by atoms with Crippen molar-refractivity contribution in [3.63, 3.8) is 0 Å². The molecule has 8 aromatic rings. The average Bonchev–Trinajstić information content (AvgIpc) is 3.67. The van der Waals surface area contributed by atoms with Crippen molar-refractivity contribution < 1.29 is 0 Å². The monoisotopic (exact) mass is 629 g/mol. The molecule has 0 bridgehead atoms. The maximum Gasteiger partial charge on any atom is 0.160 e. The Bertz CT molecular complexity index is 2660. The summed E-state index contributed by atoms with van der Waals surface area (Å²) in [6.07, 6.45) is 0. The van der Waals surface area contributed by atoms with E-state index in [4.69, 9.17) is 9.97 Å².